The number of para-hydroxylation sites is 1. The highest BCUT2D eigenvalue weighted by Crippen LogP contribution is 2.20. The second-order valence-corrected chi connectivity index (χ2v) is 7.12. The zero-order valence-electron chi connectivity index (χ0n) is 16.4. The standard InChI is InChI=1S/C23H26N4O/c1-18(2)13-14-24-23-25-15-20(16-26-23)22(28)27(21-11-7-4-8-12-21)17-19-9-5-3-6-10-19/h3-12,15-16,18H,13-14,17H2,1-2H3,(H,24,25,26). The Morgan fingerprint density at radius 2 is 1.57 bits per heavy atom. The first-order valence-corrected chi connectivity index (χ1v) is 9.60. The van der Waals surface area contributed by atoms with E-state index in [4.69, 9.17) is 0 Å². The Morgan fingerprint density at radius 1 is 0.964 bits per heavy atom. The van der Waals surface area contributed by atoms with E-state index in [0.29, 0.717) is 24.0 Å². The van der Waals surface area contributed by atoms with Crippen molar-refractivity contribution in [1.82, 2.24) is 9.97 Å². The number of carbonyl (C=O) groups excluding carboxylic acids is 1. The Kier molecular flexibility index (Phi) is 6.73. The van der Waals surface area contributed by atoms with Gasteiger partial charge in [0.15, 0.2) is 0 Å². The highest BCUT2D eigenvalue weighted by Gasteiger charge is 2.19. The zero-order valence-corrected chi connectivity index (χ0v) is 16.4. The lowest BCUT2D eigenvalue weighted by Gasteiger charge is -2.23. The van der Waals surface area contributed by atoms with Gasteiger partial charge in [-0.1, -0.05) is 62.4 Å². The Bertz CT molecular complexity index is 864. The van der Waals surface area contributed by atoms with Crippen molar-refractivity contribution in [3.05, 3.63) is 84.2 Å². The molecule has 3 rings (SSSR count). The molecule has 0 aliphatic heterocycles. The van der Waals surface area contributed by atoms with Crippen LogP contribution in [-0.2, 0) is 6.54 Å². The van der Waals surface area contributed by atoms with E-state index in [-0.39, 0.29) is 5.91 Å². The zero-order chi connectivity index (χ0) is 19.8. The van der Waals surface area contributed by atoms with Crippen LogP contribution in [0.15, 0.2) is 73.1 Å². The van der Waals surface area contributed by atoms with Crippen LogP contribution in [0.2, 0.25) is 0 Å². The molecule has 3 aromatic rings. The van der Waals surface area contributed by atoms with Gasteiger partial charge in [-0.3, -0.25) is 4.79 Å². The lowest BCUT2D eigenvalue weighted by Crippen LogP contribution is -2.30. The molecule has 0 bridgehead atoms. The summed E-state index contributed by atoms with van der Waals surface area (Å²) in [4.78, 5) is 23.6. The fourth-order valence-electron chi connectivity index (χ4n) is 2.81. The molecular weight excluding hydrogens is 348 g/mol. The minimum atomic E-state index is -0.121. The van der Waals surface area contributed by atoms with Gasteiger partial charge in [-0.25, -0.2) is 9.97 Å². The van der Waals surface area contributed by atoms with Crippen molar-refractivity contribution < 1.29 is 4.79 Å². The van der Waals surface area contributed by atoms with Gasteiger partial charge in [0.25, 0.3) is 5.91 Å². The van der Waals surface area contributed by atoms with Crippen LogP contribution in [0.3, 0.4) is 0 Å². The molecule has 1 N–H and O–H groups in total. The number of anilines is 2. The molecule has 144 valence electrons. The molecule has 0 fully saturated rings. The van der Waals surface area contributed by atoms with Crippen molar-refractivity contribution in [3.8, 4) is 0 Å². The van der Waals surface area contributed by atoms with Crippen molar-refractivity contribution in [2.45, 2.75) is 26.8 Å². The third-order valence-corrected chi connectivity index (χ3v) is 4.40. The monoisotopic (exact) mass is 374 g/mol. The number of hydrogen-bond donors (Lipinski definition) is 1. The summed E-state index contributed by atoms with van der Waals surface area (Å²) in [5, 5.41) is 3.20. The highest BCUT2D eigenvalue weighted by atomic mass is 16.2. The highest BCUT2D eigenvalue weighted by molar-refractivity contribution is 6.05. The first kappa shape index (κ1) is 19.5. The largest absolute Gasteiger partial charge is 0.354 e. The molecule has 1 heterocycles. The van der Waals surface area contributed by atoms with E-state index < -0.39 is 0 Å². The fraction of sp³-hybridized carbons (Fsp3) is 0.261. The molecule has 5 nitrogen and oxygen atoms in total. The summed E-state index contributed by atoms with van der Waals surface area (Å²) < 4.78 is 0. The number of rotatable bonds is 8. The molecule has 0 spiro atoms. The van der Waals surface area contributed by atoms with E-state index in [1.165, 1.54) is 0 Å². The number of amides is 1. The third kappa shape index (κ3) is 5.39. The van der Waals surface area contributed by atoms with Gasteiger partial charge in [-0.05, 0) is 30.0 Å². The quantitative estimate of drug-likeness (QED) is 0.616. The second-order valence-electron chi connectivity index (χ2n) is 7.12. The van der Waals surface area contributed by atoms with E-state index >= 15 is 0 Å². The van der Waals surface area contributed by atoms with E-state index in [9.17, 15) is 4.79 Å². The number of nitrogens with zero attached hydrogens (tertiary/aromatic N) is 3. The predicted octanol–water partition coefficient (Wildman–Crippen LogP) is 4.78. The number of carbonyl (C=O) groups is 1. The normalized spacial score (nSPS) is 10.7. The smallest absolute Gasteiger partial charge is 0.261 e. The molecule has 0 aliphatic rings. The van der Waals surface area contributed by atoms with Gasteiger partial charge in [-0.2, -0.15) is 0 Å². The average molecular weight is 374 g/mol. The molecule has 0 atom stereocenters. The van der Waals surface area contributed by atoms with Gasteiger partial charge in [0.05, 0.1) is 12.1 Å². The Balaban J connectivity index is 1.77. The van der Waals surface area contributed by atoms with Crippen LogP contribution in [0, 0.1) is 5.92 Å². The van der Waals surface area contributed by atoms with Crippen LogP contribution in [0.5, 0.6) is 0 Å². The number of nitrogens with one attached hydrogen (secondary N) is 1. The maximum Gasteiger partial charge on any atom is 0.261 e. The van der Waals surface area contributed by atoms with Crippen molar-refractivity contribution in [2.24, 2.45) is 5.92 Å². The summed E-state index contributed by atoms with van der Waals surface area (Å²) in [6.45, 7) is 5.65. The molecule has 0 radical (unpaired) electrons. The first-order valence-electron chi connectivity index (χ1n) is 9.60. The molecule has 0 saturated heterocycles. The number of aromatic nitrogens is 2. The second kappa shape index (κ2) is 9.65. The van der Waals surface area contributed by atoms with Crippen molar-refractivity contribution in [3.63, 3.8) is 0 Å². The maximum atomic E-state index is 13.2. The molecule has 28 heavy (non-hydrogen) atoms. The minimum Gasteiger partial charge on any atom is -0.354 e. The summed E-state index contributed by atoms with van der Waals surface area (Å²) >= 11 is 0. The molecule has 0 saturated carbocycles. The lowest BCUT2D eigenvalue weighted by molar-refractivity contribution is 0.0984. The van der Waals surface area contributed by atoms with Gasteiger partial charge in [0.1, 0.15) is 0 Å². The number of hydrogen-bond acceptors (Lipinski definition) is 4. The molecule has 1 aromatic heterocycles. The number of benzene rings is 2. The van der Waals surface area contributed by atoms with Crippen LogP contribution in [-0.4, -0.2) is 22.4 Å². The third-order valence-electron chi connectivity index (χ3n) is 4.40. The Morgan fingerprint density at radius 3 is 2.18 bits per heavy atom. The van der Waals surface area contributed by atoms with Crippen LogP contribution >= 0.6 is 0 Å². The summed E-state index contributed by atoms with van der Waals surface area (Å²) in [7, 11) is 0. The van der Waals surface area contributed by atoms with Crippen LogP contribution < -0.4 is 10.2 Å². The van der Waals surface area contributed by atoms with Gasteiger partial charge in [0, 0.05) is 24.6 Å². The van der Waals surface area contributed by atoms with Crippen LogP contribution in [0.4, 0.5) is 11.6 Å². The van der Waals surface area contributed by atoms with Gasteiger partial charge >= 0.3 is 0 Å². The van der Waals surface area contributed by atoms with Crippen LogP contribution in [0.25, 0.3) is 0 Å². The summed E-state index contributed by atoms with van der Waals surface area (Å²) in [6.07, 6.45) is 4.23. The van der Waals surface area contributed by atoms with E-state index in [0.717, 1.165) is 24.2 Å². The molecular formula is C23H26N4O. The van der Waals surface area contributed by atoms with E-state index in [1.807, 2.05) is 60.7 Å². The lowest BCUT2D eigenvalue weighted by atomic mass is 10.1. The molecule has 0 aliphatic carbocycles. The fourth-order valence-corrected chi connectivity index (χ4v) is 2.81. The van der Waals surface area contributed by atoms with Gasteiger partial charge in [0.2, 0.25) is 5.95 Å². The van der Waals surface area contributed by atoms with Crippen molar-refractivity contribution >= 4 is 17.5 Å². The summed E-state index contributed by atoms with van der Waals surface area (Å²) in [5.74, 6) is 1.04. The van der Waals surface area contributed by atoms with Gasteiger partial charge in [-0.15, -0.1) is 0 Å². The summed E-state index contributed by atoms with van der Waals surface area (Å²) in [6, 6.07) is 19.6. The van der Waals surface area contributed by atoms with E-state index in [2.05, 4.69) is 29.1 Å². The van der Waals surface area contributed by atoms with Gasteiger partial charge < -0.3 is 10.2 Å². The predicted molar refractivity (Wildman–Crippen MR) is 113 cm³/mol. The minimum absolute atomic E-state index is 0.121. The van der Waals surface area contributed by atoms with Crippen LogP contribution in [0.1, 0.15) is 36.2 Å². The topological polar surface area (TPSA) is 58.1 Å². The average Bonchev–Trinajstić information content (AvgIpc) is 2.73. The molecule has 5 heteroatoms. The maximum absolute atomic E-state index is 13.2. The summed E-state index contributed by atoms with van der Waals surface area (Å²) in [5.41, 5.74) is 2.37. The Labute approximate surface area is 166 Å². The van der Waals surface area contributed by atoms with Crippen molar-refractivity contribution in [1.29, 1.82) is 0 Å². The van der Waals surface area contributed by atoms with E-state index in [1.54, 1.807) is 17.3 Å². The first-order chi connectivity index (χ1) is 13.6. The Hall–Kier alpha value is -3.21. The molecule has 1 amide bonds. The van der Waals surface area contributed by atoms with Crippen molar-refractivity contribution in [2.75, 3.05) is 16.8 Å². The SMILES string of the molecule is CC(C)CCNc1ncc(C(=O)N(Cc2ccccc2)c2ccccc2)cn1. The molecule has 0 unspecified atom stereocenters. The molecule has 2 aromatic carbocycles.